The van der Waals surface area contributed by atoms with E-state index in [2.05, 4.69) is 23.8 Å². The smallest absolute Gasteiger partial charge is 0.232 e. The lowest BCUT2D eigenvalue weighted by Crippen LogP contribution is -2.43. The Kier molecular flexibility index (Phi) is 5.63. The Labute approximate surface area is 163 Å². The standard InChI is InChI=1S/C21H23ClFN3O/c1-13(2)10-21(3,24)12-27-20-18(22)8-14(11-26-20)16-6-7-25-19-5-4-15(23)9-17(16)19/h4-9,11,13H,10,12,24H2,1-3H3. The van der Waals surface area contributed by atoms with E-state index >= 15 is 0 Å². The van der Waals surface area contributed by atoms with E-state index in [1.54, 1.807) is 24.5 Å². The molecule has 27 heavy (non-hydrogen) atoms. The zero-order valence-corrected chi connectivity index (χ0v) is 16.4. The minimum atomic E-state index is -0.462. The van der Waals surface area contributed by atoms with Gasteiger partial charge in [0.25, 0.3) is 0 Å². The molecular weight excluding hydrogens is 365 g/mol. The van der Waals surface area contributed by atoms with Crippen molar-refractivity contribution in [2.75, 3.05) is 6.61 Å². The Bertz CT molecular complexity index is 959. The molecule has 2 aromatic heterocycles. The molecular formula is C21H23ClFN3O. The first-order chi connectivity index (χ1) is 12.7. The molecule has 1 atom stereocenters. The topological polar surface area (TPSA) is 61.0 Å². The molecule has 3 aromatic rings. The van der Waals surface area contributed by atoms with Crippen LogP contribution in [0.4, 0.5) is 4.39 Å². The summed E-state index contributed by atoms with van der Waals surface area (Å²) in [6.45, 7) is 6.51. The van der Waals surface area contributed by atoms with Gasteiger partial charge in [-0.3, -0.25) is 4.98 Å². The van der Waals surface area contributed by atoms with E-state index in [1.807, 2.05) is 13.0 Å². The third-order valence-electron chi connectivity index (χ3n) is 4.24. The summed E-state index contributed by atoms with van der Waals surface area (Å²) < 4.78 is 19.4. The molecule has 0 aliphatic rings. The Morgan fingerprint density at radius 1 is 1.22 bits per heavy atom. The Morgan fingerprint density at radius 3 is 2.70 bits per heavy atom. The van der Waals surface area contributed by atoms with Crippen molar-refractivity contribution in [1.29, 1.82) is 0 Å². The lowest BCUT2D eigenvalue weighted by molar-refractivity contribution is 0.201. The number of pyridine rings is 2. The maximum absolute atomic E-state index is 13.7. The third kappa shape index (κ3) is 4.73. The van der Waals surface area contributed by atoms with Crippen molar-refractivity contribution in [3.05, 3.63) is 53.6 Å². The van der Waals surface area contributed by atoms with Crippen LogP contribution in [0.1, 0.15) is 27.2 Å². The van der Waals surface area contributed by atoms with Gasteiger partial charge in [-0.15, -0.1) is 0 Å². The number of hydrogen-bond donors (Lipinski definition) is 1. The number of benzene rings is 1. The zero-order valence-electron chi connectivity index (χ0n) is 15.7. The van der Waals surface area contributed by atoms with E-state index in [4.69, 9.17) is 22.1 Å². The van der Waals surface area contributed by atoms with Crippen LogP contribution in [0.15, 0.2) is 42.7 Å². The number of nitrogens with two attached hydrogens (primary N) is 1. The molecule has 0 amide bonds. The van der Waals surface area contributed by atoms with Crippen molar-refractivity contribution in [1.82, 2.24) is 9.97 Å². The van der Waals surface area contributed by atoms with Crippen molar-refractivity contribution >= 4 is 22.5 Å². The van der Waals surface area contributed by atoms with Crippen LogP contribution in [-0.2, 0) is 0 Å². The van der Waals surface area contributed by atoms with Crippen LogP contribution in [0, 0.1) is 11.7 Å². The van der Waals surface area contributed by atoms with Gasteiger partial charge in [-0.2, -0.15) is 0 Å². The Balaban J connectivity index is 1.87. The van der Waals surface area contributed by atoms with Gasteiger partial charge in [0, 0.05) is 28.9 Å². The number of halogens is 2. The molecule has 6 heteroatoms. The van der Waals surface area contributed by atoms with Gasteiger partial charge < -0.3 is 10.5 Å². The van der Waals surface area contributed by atoms with E-state index in [0.29, 0.717) is 34.3 Å². The average Bonchev–Trinajstić information content (AvgIpc) is 2.59. The fourth-order valence-corrected chi connectivity index (χ4v) is 3.49. The third-order valence-corrected chi connectivity index (χ3v) is 4.51. The molecule has 0 spiro atoms. The van der Waals surface area contributed by atoms with Gasteiger partial charge >= 0.3 is 0 Å². The van der Waals surface area contributed by atoms with Crippen molar-refractivity contribution in [3.8, 4) is 17.0 Å². The van der Waals surface area contributed by atoms with Crippen LogP contribution in [0.25, 0.3) is 22.0 Å². The molecule has 142 valence electrons. The predicted octanol–water partition coefficient (Wildman–Crippen LogP) is 5.23. The fourth-order valence-electron chi connectivity index (χ4n) is 3.27. The van der Waals surface area contributed by atoms with Crippen molar-refractivity contribution in [2.24, 2.45) is 11.7 Å². The summed E-state index contributed by atoms with van der Waals surface area (Å²) in [5, 5.41) is 1.09. The number of nitrogens with zero attached hydrogens (tertiary/aromatic N) is 2. The molecule has 0 aliphatic heterocycles. The van der Waals surface area contributed by atoms with Crippen LogP contribution in [0.2, 0.25) is 5.02 Å². The second kappa shape index (κ2) is 7.79. The molecule has 4 nitrogen and oxygen atoms in total. The lowest BCUT2D eigenvalue weighted by Gasteiger charge is -2.26. The highest BCUT2D eigenvalue weighted by Gasteiger charge is 2.22. The molecule has 2 N–H and O–H groups in total. The number of rotatable bonds is 6. The normalized spacial score (nSPS) is 13.7. The summed E-state index contributed by atoms with van der Waals surface area (Å²) in [7, 11) is 0. The molecule has 0 aliphatic carbocycles. The van der Waals surface area contributed by atoms with Gasteiger partial charge in [0.05, 0.1) is 5.52 Å². The molecule has 1 aromatic carbocycles. The molecule has 2 heterocycles. The molecule has 0 saturated heterocycles. The van der Waals surface area contributed by atoms with Crippen LogP contribution in [-0.4, -0.2) is 22.1 Å². The summed E-state index contributed by atoms with van der Waals surface area (Å²) >= 11 is 6.38. The first-order valence-corrected chi connectivity index (χ1v) is 9.25. The molecule has 0 radical (unpaired) electrons. The van der Waals surface area contributed by atoms with Gasteiger partial charge in [-0.1, -0.05) is 25.4 Å². The van der Waals surface area contributed by atoms with E-state index in [-0.39, 0.29) is 5.82 Å². The van der Waals surface area contributed by atoms with Gasteiger partial charge in [-0.25, -0.2) is 9.37 Å². The van der Waals surface area contributed by atoms with Crippen LogP contribution >= 0.6 is 11.6 Å². The van der Waals surface area contributed by atoms with Gasteiger partial charge in [0.15, 0.2) is 0 Å². The van der Waals surface area contributed by atoms with Crippen LogP contribution < -0.4 is 10.5 Å². The van der Waals surface area contributed by atoms with E-state index in [1.165, 1.54) is 12.1 Å². The predicted molar refractivity (Wildman–Crippen MR) is 107 cm³/mol. The molecule has 0 saturated carbocycles. The Hall–Kier alpha value is -2.24. The quantitative estimate of drug-likeness (QED) is 0.629. The summed E-state index contributed by atoms with van der Waals surface area (Å²) in [4.78, 5) is 8.61. The van der Waals surface area contributed by atoms with Crippen molar-refractivity contribution in [2.45, 2.75) is 32.7 Å². The minimum Gasteiger partial charge on any atom is -0.475 e. The maximum Gasteiger partial charge on any atom is 0.232 e. The van der Waals surface area contributed by atoms with Gasteiger partial charge in [0.1, 0.15) is 17.4 Å². The number of ether oxygens (including phenoxy) is 1. The largest absolute Gasteiger partial charge is 0.475 e. The van der Waals surface area contributed by atoms with E-state index in [0.717, 1.165) is 17.5 Å². The highest BCUT2D eigenvalue weighted by atomic mass is 35.5. The second-order valence-corrected chi connectivity index (χ2v) is 7.98. The molecule has 0 fully saturated rings. The molecule has 3 rings (SSSR count). The van der Waals surface area contributed by atoms with Crippen LogP contribution in [0.3, 0.4) is 0 Å². The Morgan fingerprint density at radius 2 is 2.00 bits per heavy atom. The van der Waals surface area contributed by atoms with Crippen molar-refractivity contribution in [3.63, 3.8) is 0 Å². The summed E-state index contributed by atoms with van der Waals surface area (Å²) in [6.07, 6.45) is 4.17. The maximum atomic E-state index is 13.7. The zero-order chi connectivity index (χ0) is 19.6. The summed E-state index contributed by atoms with van der Waals surface area (Å²) in [6, 6.07) is 8.08. The number of hydrogen-bond acceptors (Lipinski definition) is 4. The summed E-state index contributed by atoms with van der Waals surface area (Å²) in [5.74, 6) is 0.489. The molecule has 0 bridgehead atoms. The highest BCUT2D eigenvalue weighted by Crippen LogP contribution is 2.32. The fraction of sp³-hybridized carbons (Fsp3) is 0.333. The first kappa shape index (κ1) is 19.5. The summed E-state index contributed by atoms with van der Waals surface area (Å²) in [5.41, 5.74) is 8.10. The SMILES string of the molecule is CC(C)CC(C)(N)COc1ncc(-c2ccnc3ccc(F)cc23)cc1Cl. The lowest BCUT2D eigenvalue weighted by atomic mass is 9.93. The van der Waals surface area contributed by atoms with Gasteiger partial charge in [0.2, 0.25) is 5.88 Å². The van der Waals surface area contributed by atoms with E-state index < -0.39 is 5.54 Å². The second-order valence-electron chi connectivity index (χ2n) is 7.57. The number of fused-ring (bicyclic) bond motifs is 1. The first-order valence-electron chi connectivity index (χ1n) is 8.87. The monoisotopic (exact) mass is 387 g/mol. The highest BCUT2D eigenvalue weighted by molar-refractivity contribution is 6.32. The van der Waals surface area contributed by atoms with Crippen LogP contribution in [0.5, 0.6) is 5.88 Å². The molecule has 1 unspecified atom stereocenters. The minimum absolute atomic E-state index is 0.317. The average molecular weight is 388 g/mol. The van der Waals surface area contributed by atoms with Crippen molar-refractivity contribution < 1.29 is 9.13 Å². The number of aromatic nitrogens is 2. The van der Waals surface area contributed by atoms with E-state index in [9.17, 15) is 4.39 Å². The van der Waals surface area contributed by atoms with Gasteiger partial charge in [-0.05, 0) is 55.2 Å².